The number of rotatable bonds is 6. The fourth-order valence-corrected chi connectivity index (χ4v) is 3.30. The van der Waals surface area contributed by atoms with Gasteiger partial charge in [-0.15, -0.1) is 0 Å². The van der Waals surface area contributed by atoms with Crippen LogP contribution >= 0.6 is 0 Å². The Labute approximate surface area is 164 Å². The normalized spacial score (nSPS) is 14.4. The van der Waals surface area contributed by atoms with E-state index in [0.717, 1.165) is 29.7 Å². The topological polar surface area (TPSA) is 77.0 Å². The van der Waals surface area contributed by atoms with E-state index in [-0.39, 0.29) is 11.9 Å². The Balaban J connectivity index is 1.59. The number of carbonyl (C=O) groups is 1. The number of ether oxygens (including phenoxy) is 1. The van der Waals surface area contributed by atoms with Crippen LogP contribution in [0.5, 0.6) is 5.88 Å². The van der Waals surface area contributed by atoms with Crippen LogP contribution in [-0.4, -0.2) is 28.0 Å². The van der Waals surface area contributed by atoms with Gasteiger partial charge in [0.1, 0.15) is 5.69 Å². The third kappa shape index (κ3) is 3.86. The van der Waals surface area contributed by atoms with Gasteiger partial charge in [-0.2, -0.15) is 0 Å². The fourth-order valence-electron chi connectivity index (χ4n) is 3.30. The van der Waals surface area contributed by atoms with E-state index >= 15 is 0 Å². The van der Waals surface area contributed by atoms with E-state index in [2.05, 4.69) is 20.3 Å². The number of carbonyl (C=O) groups excluding carboxylic acids is 1. The molecule has 1 aliphatic rings. The van der Waals surface area contributed by atoms with Gasteiger partial charge in [0.2, 0.25) is 5.88 Å². The maximum atomic E-state index is 13.0. The number of nitrogens with one attached hydrogen (secondary N) is 1. The van der Waals surface area contributed by atoms with Crippen molar-refractivity contribution < 1.29 is 9.53 Å². The third-order valence-corrected chi connectivity index (χ3v) is 4.89. The molecule has 3 aromatic rings. The van der Waals surface area contributed by atoms with Crippen LogP contribution in [0.4, 0.5) is 0 Å². The molecule has 142 valence electrons. The van der Waals surface area contributed by atoms with E-state index in [1.165, 1.54) is 0 Å². The predicted octanol–water partition coefficient (Wildman–Crippen LogP) is 3.74. The van der Waals surface area contributed by atoms with Crippen molar-refractivity contribution in [1.82, 2.24) is 20.3 Å². The molecule has 2 heterocycles. The first kappa shape index (κ1) is 18.1. The summed E-state index contributed by atoms with van der Waals surface area (Å²) in [6.07, 6.45) is 7.20. The molecule has 0 spiro atoms. The summed E-state index contributed by atoms with van der Waals surface area (Å²) < 4.78 is 5.29. The number of methoxy groups -OCH3 is 1. The first-order chi connectivity index (χ1) is 13.7. The third-order valence-electron chi connectivity index (χ3n) is 4.89. The number of hydrogen-bond acceptors (Lipinski definition) is 5. The molecule has 1 atom stereocenters. The van der Waals surface area contributed by atoms with Crippen molar-refractivity contribution in [3.63, 3.8) is 0 Å². The molecule has 0 radical (unpaired) electrons. The maximum absolute atomic E-state index is 13.0. The SMILES string of the molecule is COc1nccnc1-c1cccc(C(=O)N[C@H](c2cc(C)ccn2)C2CC2)c1. The van der Waals surface area contributed by atoms with E-state index in [0.29, 0.717) is 23.1 Å². The molecule has 1 aromatic carbocycles. The Kier molecular flexibility index (Phi) is 5.02. The molecule has 1 fully saturated rings. The van der Waals surface area contributed by atoms with Gasteiger partial charge in [-0.05, 0) is 55.5 Å². The van der Waals surface area contributed by atoms with Crippen molar-refractivity contribution in [1.29, 1.82) is 0 Å². The summed E-state index contributed by atoms with van der Waals surface area (Å²) in [5, 5.41) is 3.18. The van der Waals surface area contributed by atoms with Crippen LogP contribution in [0.1, 0.15) is 40.5 Å². The Morgan fingerprint density at radius 3 is 2.68 bits per heavy atom. The first-order valence-corrected chi connectivity index (χ1v) is 9.34. The standard InChI is InChI=1S/C22H22N4O2/c1-14-8-9-23-18(12-14)19(15-6-7-15)26-21(27)17-5-3-4-16(13-17)20-22(28-2)25-11-10-24-20/h3-5,8-13,15,19H,6-7H2,1-2H3,(H,26,27)/t19-/m0/s1. The molecule has 1 saturated carbocycles. The van der Waals surface area contributed by atoms with Gasteiger partial charge in [-0.25, -0.2) is 9.97 Å². The van der Waals surface area contributed by atoms with Crippen LogP contribution in [0, 0.1) is 12.8 Å². The predicted molar refractivity (Wildman–Crippen MR) is 106 cm³/mol. The van der Waals surface area contributed by atoms with Gasteiger partial charge in [-0.1, -0.05) is 12.1 Å². The highest BCUT2D eigenvalue weighted by Crippen LogP contribution is 2.40. The summed E-state index contributed by atoms with van der Waals surface area (Å²) in [7, 11) is 1.55. The average molecular weight is 374 g/mol. The molecular formula is C22H22N4O2. The minimum Gasteiger partial charge on any atom is -0.479 e. The van der Waals surface area contributed by atoms with Gasteiger partial charge in [0.15, 0.2) is 0 Å². The Morgan fingerprint density at radius 1 is 1.11 bits per heavy atom. The zero-order chi connectivity index (χ0) is 19.5. The minimum absolute atomic E-state index is 0.0675. The van der Waals surface area contributed by atoms with E-state index in [1.54, 1.807) is 31.8 Å². The molecule has 28 heavy (non-hydrogen) atoms. The lowest BCUT2D eigenvalue weighted by molar-refractivity contribution is 0.0930. The average Bonchev–Trinajstić information content (AvgIpc) is 3.57. The van der Waals surface area contributed by atoms with Crippen molar-refractivity contribution in [2.75, 3.05) is 7.11 Å². The number of hydrogen-bond donors (Lipinski definition) is 1. The summed E-state index contributed by atoms with van der Waals surface area (Å²) in [6, 6.07) is 11.3. The molecule has 0 unspecified atom stereocenters. The van der Waals surface area contributed by atoms with Crippen molar-refractivity contribution in [3.05, 3.63) is 71.8 Å². The molecule has 1 amide bonds. The quantitative estimate of drug-likeness (QED) is 0.711. The number of nitrogens with zero attached hydrogens (tertiary/aromatic N) is 3. The molecule has 1 N–H and O–H groups in total. The van der Waals surface area contributed by atoms with Crippen LogP contribution in [0.15, 0.2) is 55.0 Å². The van der Waals surface area contributed by atoms with Gasteiger partial charge in [0, 0.05) is 29.7 Å². The van der Waals surface area contributed by atoms with Crippen LogP contribution in [-0.2, 0) is 0 Å². The molecule has 1 aliphatic carbocycles. The van der Waals surface area contributed by atoms with E-state index in [9.17, 15) is 4.79 Å². The number of aryl methyl sites for hydroxylation is 1. The summed E-state index contributed by atoms with van der Waals surface area (Å²) in [5.74, 6) is 0.756. The minimum atomic E-state index is -0.120. The van der Waals surface area contributed by atoms with Gasteiger partial charge in [0.05, 0.1) is 18.8 Å². The zero-order valence-electron chi connectivity index (χ0n) is 15.9. The molecule has 0 aliphatic heterocycles. The zero-order valence-corrected chi connectivity index (χ0v) is 15.9. The molecule has 6 nitrogen and oxygen atoms in total. The van der Waals surface area contributed by atoms with Crippen LogP contribution in [0.2, 0.25) is 0 Å². The monoisotopic (exact) mass is 374 g/mol. The Morgan fingerprint density at radius 2 is 1.93 bits per heavy atom. The second-order valence-electron chi connectivity index (χ2n) is 7.04. The number of pyridine rings is 1. The highest BCUT2D eigenvalue weighted by atomic mass is 16.5. The molecule has 0 saturated heterocycles. The van der Waals surface area contributed by atoms with Crippen LogP contribution in [0.3, 0.4) is 0 Å². The Hall–Kier alpha value is -3.28. The summed E-state index contributed by atoms with van der Waals surface area (Å²) in [4.78, 5) is 26.0. The number of amides is 1. The lowest BCUT2D eigenvalue weighted by Crippen LogP contribution is -2.30. The first-order valence-electron chi connectivity index (χ1n) is 9.34. The lowest BCUT2D eigenvalue weighted by atomic mass is 10.0. The largest absolute Gasteiger partial charge is 0.479 e. The van der Waals surface area contributed by atoms with Crippen molar-refractivity contribution >= 4 is 5.91 Å². The lowest BCUT2D eigenvalue weighted by Gasteiger charge is -2.18. The van der Waals surface area contributed by atoms with Gasteiger partial charge in [0.25, 0.3) is 5.91 Å². The van der Waals surface area contributed by atoms with Gasteiger partial charge < -0.3 is 10.1 Å². The number of benzene rings is 1. The highest BCUT2D eigenvalue weighted by Gasteiger charge is 2.34. The van der Waals surface area contributed by atoms with E-state index in [1.807, 2.05) is 37.3 Å². The second-order valence-corrected chi connectivity index (χ2v) is 7.04. The highest BCUT2D eigenvalue weighted by molar-refractivity contribution is 5.95. The summed E-state index contributed by atoms with van der Waals surface area (Å²) in [5.41, 5.74) is 4.03. The van der Waals surface area contributed by atoms with Crippen molar-refractivity contribution in [3.8, 4) is 17.1 Å². The fraction of sp³-hybridized carbons (Fsp3) is 0.273. The van der Waals surface area contributed by atoms with Gasteiger partial charge in [-0.3, -0.25) is 9.78 Å². The van der Waals surface area contributed by atoms with Crippen molar-refractivity contribution in [2.45, 2.75) is 25.8 Å². The van der Waals surface area contributed by atoms with Crippen LogP contribution < -0.4 is 10.1 Å². The smallest absolute Gasteiger partial charge is 0.251 e. The molecule has 2 aromatic heterocycles. The number of aromatic nitrogens is 3. The molecule has 6 heteroatoms. The molecule has 4 rings (SSSR count). The van der Waals surface area contributed by atoms with Crippen LogP contribution in [0.25, 0.3) is 11.3 Å². The summed E-state index contributed by atoms with van der Waals surface area (Å²) >= 11 is 0. The van der Waals surface area contributed by atoms with E-state index < -0.39 is 0 Å². The van der Waals surface area contributed by atoms with E-state index in [4.69, 9.17) is 4.74 Å². The summed E-state index contributed by atoms with van der Waals surface area (Å²) in [6.45, 7) is 2.04. The molecular weight excluding hydrogens is 352 g/mol. The maximum Gasteiger partial charge on any atom is 0.251 e. The Bertz CT molecular complexity index is 1000. The van der Waals surface area contributed by atoms with Gasteiger partial charge >= 0.3 is 0 Å². The van der Waals surface area contributed by atoms with Crippen molar-refractivity contribution in [2.24, 2.45) is 5.92 Å². The second kappa shape index (κ2) is 7.76. The molecule has 0 bridgehead atoms.